The Morgan fingerprint density at radius 1 is 1.07 bits per heavy atom. The van der Waals surface area contributed by atoms with Gasteiger partial charge in [0.2, 0.25) is 10.0 Å². The molecule has 2 atom stereocenters. The van der Waals surface area contributed by atoms with Gasteiger partial charge in [-0.15, -0.1) is 0 Å². The number of benzene rings is 2. The van der Waals surface area contributed by atoms with Crippen molar-refractivity contribution in [3.63, 3.8) is 0 Å². The molecule has 0 fully saturated rings. The van der Waals surface area contributed by atoms with E-state index in [1.54, 1.807) is 30.3 Å². The maximum Gasteiger partial charge on any atom is 0.241 e. The van der Waals surface area contributed by atoms with Gasteiger partial charge in [-0.2, -0.15) is 5.10 Å². The molecule has 4 rings (SSSR count). The van der Waals surface area contributed by atoms with Crippen molar-refractivity contribution < 1.29 is 8.42 Å². The summed E-state index contributed by atoms with van der Waals surface area (Å²) in [4.78, 5) is 0.276. The summed E-state index contributed by atoms with van der Waals surface area (Å²) in [5.74, 6) is 0.100. The molecule has 1 aliphatic rings. The molecule has 0 amide bonds. The monoisotopic (exact) mass is 441 g/mol. The normalized spacial score (nSPS) is 18.8. The molecule has 1 heterocycles. The predicted molar refractivity (Wildman–Crippen MR) is 120 cm³/mol. The van der Waals surface area contributed by atoms with Crippen LogP contribution in [-0.4, -0.2) is 24.2 Å². The van der Waals surface area contributed by atoms with E-state index in [1.807, 2.05) is 49.7 Å². The van der Waals surface area contributed by atoms with Gasteiger partial charge in [0.25, 0.3) is 0 Å². The largest absolute Gasteiger partial charge is 0.241 e. The Bertz CT molecular complexity index is 1220. The summed E-state index contributed by atoms with van der Waals surface area (Å²) in [7, 11) is -3.55. The fourth-order valence-electron chi connectivity index (χ4n) is 4.02. The highest BCUT2D eigenvalue weighted by molar-refractivity contribution is 7.89. The number of hydrogen-bond donors (Lipinski definition) is 1. The highest BCUT2D eigenvalue weighted by Gasteiger charge is 2.29. The first-order valence-corrected chi connectivity index (χ1v) is 11.7. The molecule has 0 saturated heterocycles. The number of nitrogens with zero attached hydrogens (tertiary/aromatic N) is 2. The number of rotatable bonds is 5. The highest BCUT2D eigenvalue weighted by Crippen LogP contribution is 2.34. The van der Waals surface area contributed by atoms with Gasteiger partial charge in [0.05, 0.1) is 16.3 Å². The van der Waals surface area contributed by atoms with Crippen LogP contribution in [0.25, 0.3) is 5.69 Å². The van der Waals surface area contributed by atoms with Crippen molar-refractivity contribution in [2.24, 2.45) is 0 Å². The molecule has 1 aliphatic carbocycles. The number of hydrogen-bond acceptors (Lipinski definition) is 3. The molecule has 7 heteroatoms. The molecule has 0 radical (unpaired) electrons. The zero-order chi connectivity index (χ0) is 21.5. The molecule has 0 saturated carbocycles. The molecular weight excluding hydrogens is 418 g/mol. The first kappa shape index (κ1) is 20.8. The second-order valence-corrected chi connectivity index (χ2v) is 9.82. The maximum atomic E-state index is 12.6. The van der Waals surface area contributed by atoms with E-state index in [2.05, 4.69) is 10.8 Å². The lowest BCUT2D eigenvalue weighted by Gasteiger charge is -2.15. The molecule has 0 spiro atoms. The lowest BCUT2D eigenvalue weighted by Crippen LogP contribution is -2.32. The number of nitrogens with one attached hydrogen (secondary N) is 1. The topological polar surface area (TPSA) is 64.0 Å². The number of sulfonamides is 1. The van der Waals surface area contributed by atoms with E-state index in [-0.39, 0.29) is 16.9 Å². The van der Waals surface area contributed by atoms with Crippen molar-refractivity contribution in [3.8, 4) is 5.69 Å². The highest BCUT2D eigenvalue weighted by atomic mass is 35.5. The molecule has 30 heavy (non-hydrogen) atoms. The Kier molecular flexibility index (Phi) is 5.57. The summed E-state index contributed by atoms with van der Waals surface area (Å²) in [5.41, 5.74) is 5.04. The van der Waals surface area contributed by atoms with E-state index in [0.717, 1.165) is 28.2 Å². The summed E-state index contributed by atoms with van der Waals surface area (Å²) in [6.45, 7) is 6.00. The van der Waals surface area contributed by atoms with E-state index in [4.69, 9.17) is 16.7 Å². The first-order chi connectivity index (χ1) is 14.3. The molecule has 0 bridgehead atoms. The van der Waals surface area contributed by atoms with Crippen molar-refractivity contribution in [1.82, 2.24) is 14.5 Å². The number of aryl methyl sites for hydroxylation is 2. The second kappa shape index (κ2) is 8.02. The molecule has 1 aromatic heterocycles. The van der Waals surface area contributed by atoms with Crippen LogP contribution in [0.3, 0.4) is 0 Å². The van der Waals surface area contributed by atoms with E-state index in [0.29, 0.717) is 11.4 Å². The Labute approximate surface area is 182 Å². The molecule has 3 aromatic rings. The lowest BCUT2D eigenvalue weighted by atomic mass is 9.96. The average Bonchev–Trinajstić information content (AvgIpc) is 3.27. The Morgan fingerprint density at radius 3 is 2.50 bits per heavy atom. The van der Waals surface area contributed by atoms with Crippen LogP contribution < -0.4 is 4.72 Å². The van der Waals surface area contributed by atoms with Gasteiger partial charge in [-0.05, 0) is 57.0 Å². The minimum Gasteiger partial charge on any atom is -0.237 e. The fourth-order valence-corrected chi connectivity index (χ4v) is 5.42. The molecule has 0 unspecified atom stereocenters. The van der Waals surface area contributed by atoms with Crippen LogP contribution in [0.4, 0.5) is 0 Å². The third kappa shape index (κ3) is 3.95. The third-order valence-corrected chi connectivity index (χ3v) is 7.47. The number of allylic oxidation sites excluding steroid dienone is 1. The molecule has 156 valence electrons. The van der Waals surface area contributed by atoms with Crippen LogP contribution in [0, 0.1) is 20.8 Å². The second-order valence-electron chi connectivity index (χ2n) is 7.70. The summed E-state index contributed by atoms with van der Waals surface area (Å²) < 4.78 is 30.0. The van der Waals surface area contributed by atoms with Gasteiger partial charge in [0, 0.05) is 28.2 Å². The number of aromatic nitrogens is 2. The van der Waals surface area contributed by atoms with E-state index >= 15 is 0 Å². The smallest absolute Gasteiger partial charge is 0.237 e. The van der Waals surface area contributed by atoms with Crippen molar-refractivity contribution in [1.29, 1.82) is 0 Å². The summed E-state index contributed by atoms with van der Waals surface area (Å²) in [5, 5.41) is 5.43. The molecule has 5 nitrogen and oxygen atoms in total. The molecule has 2 aromatic carbocycles. The van der Waals surface area contributed by atoms with Crippen LogP contribution in [0.2, 0.25) is 5.02 Å². The summed E-state index contributed by atoms with van der Waals surface area (Å²) in [6.07, 6.45) is 4.67. The van der Waals surface area contributed by atoms with Crippen molar-refractivity contribution in [2.45, 2.75) is 44.0 Å². The van der Waals surface area contributed by atoms with Crippen LogP contribution >= 0.6 is 11.6 Å². The Morgan fingerprint density at radius 2 is 1.80 bits per heavy atom. The average molecular weight is 442 g/mol. The van der Waals surface area contributed by atoms with E-state index in [9.17, 15) is 8.42 Å². The van der Waals surface area contributed by atoms with Crippen molar-refractivity contribution in [2.75, 3.05) is 0 Å². The predicted octanol–water partition coefficient (Wildman–Crippen LogP) is 4.84. The Balaban J connectivity index is 1.56. The summed E-state index contributed by atoms with van der Waals surface area (Å²) in [6, 6.07) is 14.1. The van der Waals surface area contributed by atoms with E-state index in [1.165, 1.54) is 0 Å². The zero-order valence-corrected chi connectivity index (χ0v) is 18.7. The Hall–Kier alpha value is -2.41. The van der Waals surface area contributed by atoms with Gasteiger partial charge >= 0.3 is 0 Å². The van der Waals surface area contributed by atoms with E-state index < -0.39 is 10.0 Å². The molecule has 1 N–H and O–H groups in total. The van der Waals surface area contributed by atoms with Crippen LogP contribution in [-0.2, 0) is 10.0 Å². The van der Waals surface area contributed by atoms with Gasteiger partial charge in [-0.25, -0.2) is 17.8 Å². The standard InChI is InChI=1S/C23H24ClN3O2S/c1-15-9-12-20(14-22(15)24)27-17(3)23(16(2)25-27)18-10-11-19(13-18)26-30(28,29)21-7-5-4-6-8-21/h4-12,14,18-19,26H,13H2,1-3H3/t18-,19+/m0/s1. The van der Waals surface area contributed by atoms with Gasteiger partial charge in [0.1, 0.15) is 0 Å². The molecule has 0 aliphatic heterocycles. The van der Waals surface area contributed by atoms with Crippen LogP contribution in [0.1, 0.15) is 34.9 Å². The minimum absolute atomic E-state index is 0.100. The minimum atomic E-state index is -3.55. The van der Waals surface area contributed by atoms with Gasteiger partial charge < -0.3 is 0 Å². The summed E-state index contributed by atoms with van der Waals surface area (Å²) >= 11 is 6.30. The van der Waals surface area contributed by atoms with Crippen LogP contribution in [0.5, 0.6) is 0 Å². The fraction of sp³-hybridized carbons (Fsp3) is 0.261. The maximum absolute atomic E-state index is 12.6. The van der Waals surface area contributed by atoms with Gasteiger partial charge in [-0.3, -0.25) is 0 Å². The van der Waals surface area contributed by atoms with Crippen molar-refractivity contribution >= 4 is 21.6 Å². The quantitative estimate of drug-likeness (QED) is 0.576. The van der Waals surface area contributed by atoms with Gasteiger partial charge in [-0.1, -0.05) is 48.0 Å². The zero-order valence-electron chi connectivity index (χ0n) is 17.1. The first-order valence-electron chi connectivity index (χ1n) is 9.84. The number of halogens is 1. The van der Waals surface area contributed by atoms with Crippen LogP contribution in [0.15, 0.2) is 65.6 Å². The lowest BCUT2D eigenvalue weighted by molar-refractivity contribution is 0.563. The third-order valence-electron chi connectivity index (χ3n) is 5.56. The molecular formula is C23H24ClN3O2S. The van der Waals surface area contributed by atoms with Crippen molar-refractivity contribution in [3.05, 3.63) is 88.2 Å². The SMILES string of the molecule is Cc1ccc(-n2nc(C)c([C@H]3C=C[C@@H](NS(=O)(=O)c4ccccc4)C3)c2C)cc1Cl. The van der Waals surface area contributed by atoms with Gasteiger partial charge in [0.15, 0.2) is 0 Å².